The van der Waals surface area contributed by atoms with Gasteiger partial charge in [0.1, 0.15) is 17.6 Å². The van der Waals surface area contributed by atoms with E-state index in [9.17, 15) is 5.11 Å². The Hall–Kier alpha value is -2.59. The zero-order valence-electron chi connectivity index (χ0n) is 15.1. The summed E-state index contributed by atoms with van der Waals surface area (Å²) >= 11 is 0. The van der Waals surface area contributed by atoms with Gasteiger partial charge in [-0.25, -0.2) is 0 Å². The predicted molar refractivity (Wildman–Crippen MR) is 104 cm³/mol. The Morgan fingerprint density at radius 3 is 2.62 bits per heavy atom. The van der Waals surface area contributed by atoms with E-state index in [2.05, 4.69) is 40.2 Å². The summed E-state index contributed by atoms with van der Waals surface area (Å²) in [6, 6.07) is 17.8. The van der Waals surface area contributed by atoms with Crippen LogP contribution in [-0.2, 0) is 6.54 Å². The number of aryl methyl sites for hydroxylation is 1. The van der Waals surface area contributed by atoms with Gasteiger partial charge in [0.05, 0.1) is 5.52 Å². The Kier molecular flexibility index (Phi) is 4.76. The fourth-order valence-electron chi connectivity index (χ4n) is 3.61. The van der Waals surface area contributed by atoms with Gasteiger partial charge in [-0.1, -0.05) is 30.3 Å². The van der Waals surface area contributed by atoms with E-state index < -0.39 is 0 Å². The Balaban J connectivity index is 1.43. The number of benzene rings is 2. The highest BCUT2D eigenvalue weighted by Gasteiger charge is 2.21. The quantitative estimate of drug-likeness (QED) is 0.764. The number of fused-ring (bicyclic) bond motifs is 1. The molecule has 0 unspecified atom stereocenters. The van der Waals surface area contributed by atoms with Crippen LogP contribution in [0, 0.1) is 6.92 Å². The van der Waals surface area contributed by atoms with Crippen molar-refractivity contribution in [1.82, 2.24) is 9.88 Å². The van der Waals surface area contributed by atoms with Crippen LogP contribution in [0.1, 0.15) is 24.1 Å². The Labute approximate surface area is 154 Å². The van der Waals surface area contributed by atoms with E-state index in [0.29, 0.717) is 0 Å². The van der Waals surface area contributed by atoms with Gasteiger partial charge in [-0.2, -0.15) is 0 Å². The summed E-state index contributed by atoms with van der Waals surface area (Å²) in [4.78, 5) is 7.01. The number of piperidine rings is 1. The van der Waals surface area contributed by atoms with Gasteiger partial charge in [-0.15, -0.1) is 0 Å². The van der Waals surface area contributed by atoms with Crippen molar-refractivity contribution in [2.24, 2.45) is 0 Å². The SMILES string of the molecule is Cc1cc(OC2CCN(Cc3ccccc3)CC2)c2cc(O)ccc2n1. The number of phenolic OH excluding ortho intramolecular Hbond substituents is 1. The van der Waals surface area contributed by atoms with E-state index in [1.54, 1.807) is 12.1 Å². The molecule has 4 heteroatoms. The van der Waals surface area contributed by atoms with Crippen LogP contribution in [0.3, 0.4) is 0 Å². The van der Waals surface area contributed by atoms with Crippen molar-refractivity contribution in [3.05, 3.63) is 65.9 Å². The van der Waals surface area contributed by atoms with Crippen molar-refractivity contribution in [2.75, 3.05) is 13.1 Å². The number of ether oxygens (including phenoxy) is 1. The molecule has 1 saturated heterocycles. The first-order chi connectivity index (χ1) is 12.7. The smallest absolute Gasteiger partial charge is 0.131 e. The van der Waals surface area contributed by atoms with Crippen molar-refractivity contribution >= 4 is 10.9 Å². The number of aromatic nitrogens is 1. The van der Waals surface area contributed by atoms with Crippen LogP contribution in [0.2, 0.25) is 0 Å². The van der Waals surface area contributed by atoms with Crippen LogP contribution in [0.25, 0.3) is 10.9 Å². The molecule has 2 heterocycles. The lowest BCUT2D eigenvalue weighted by Crippen LogP contribution is -2.37. The fourth-order valence-corrected chi connectivity index (χ4v) is 3.61. The Bertz CT molecular complexity index is 887. The van der Waals surface area contributed by atoms with E-state index >= 15 is 0 Å². The Morgan fingerprint density at radius 1 is 1.08 bits per heavy atom. The van der Waals surface area contributed by atoms with Crippen LogP contribution in [0.4, 0.5) is 0 Å². The molecule has 0 saturated carbocycles. The van der Waals surface area contributed by atoms with Gasteiger partial charge in [0.25, 0.3) is 0 Å². The van der Waals surface area contributed by atoms with Crippen molar-refractivity contribution in [2.45, 2.75) is 32.4 Å². The molecule has 0 aliphatic carbocycles. The topological polar surface area (TPSA) is 45.6 Å². The maximum atomic E-state index is 9.81. The lowest BCUT2D eigenvalue weighted by Gasteiger charge is -2.32. The van der Waals surface area contributed by atoms with E-state index in [1.807, 2.05) is 19.1 Å². The minimum Gasteiger partial charge on any atom is -0.508 e. The van der Waals surface area contributed by atoms with E-state index in [1.165, 1.54) is 5.56 Å². The molecular weight excluding hydrogens is 324 g/mol. The zero-order chi connectivity index (χ0) is 17.9. The Morgan fingerprint density at radius 2 is 1.85 bits per heavy atom. The van der Waals surface area contributed by atoms with Crippen LogP contribution in [0.15, 0.2) is 54.6 Å². The highest BCUT2D eigenvalue weighted by molar-refractivity contribution is 5.86. The molecule has 1 aliphatic heterocycles. The number of nitrogens with zero attached hydrogens (tertiary/aromatic N) is 2. The molecule has 0 amide bonds. The normalized spacial score (nSPS) is 16.0. The minimum atomic E-state index is 0.203. The van der Waals surface area contributed by atoms with Crippen molar-refractivity contribution < 1.29 is 9.84 Å². The van der Waals surface area contributed by atoms with Gasteiger partial charge < -0.3 is 9.84 Å². The molecule has 134 valence electrons. The van der Waals surface area contributed by atoms with Crippen LogP contribution in [0.5, 0.6) is 11.5 Å². The zero-order valence-corrected chi connectivity index (χ0v) is 15.1. The van der Waals surface area contributed by atoms with Gasteiger partial charge in [-0.05, 0) is 43.5 Å². The molecule has 4 nitrogen and oxygen atoms in total. The number of aromatic hydroxyl groups is 1. The maximum absolute atomic E-state index is 9.81. The highest BCUT2D eigenvalue weighted by Crippen LogP contribution is 2.30. The van der Waals surface area contributed by atoms with E-state index in [4.69, 9.17) is 4.74 Å². The van der Waals surface area contributed by atoms with Gasteiger partial charge in [0, 0.05) is 36.8 Å². The average Bonchev–Trinajstić information content (AvgIpc) is 2.65. The number of likely N-dealkylation sites (tertiary alicyclic amines) is 1. The molecular formula is C22H24N2O2. The molecule has 1 aliphatic rings. The van der Waals surface area contributed by atoms with Crippen LogP contribution >= 0.6 is 0 Å². The first-order valence-electron chi connectivity index (χ1n) is 9.21. The first kappa shape index (κ1) is 16.9. The summed E-state index contributed by atoms with van der Waals surface area (Å²) in [6.07, 6.45) is 2.22. The molecule has 0 radical (unpaired) electrons. The molecule has 1 N–H and O–H groups in total. The summed E-state index contributed by atoms with van der Waals surface area (Å²) in [5.74, 6) is 1.07. The fraction of sp³-hybridized carbons (Fsp3) is 0.318. The van der Waals surface area contributed by atoms with Gasteiger partial charge in [-0.3, -0.25) is 9.88 Å². The summed E-state index contributed by atoms with van der Waals surface area (Å²) in [5.41, 5.74) is 3.15. The lowest BCUT2D eigenvalue weighted by atomic mass is 10.1. The first-order valence-corrected chi connectivity index (χ1v) is 9.21. The van der Waals surface area contributed by atoms with Crippen molar-refractivity contribution in [3.63, 3.8) is 0 Å². The second-order valence-electron chi connectivity index (χ2n) is 7.04. The number of hydrogen-bond acceptors (Lipinski definition) is 4. The third-order valence-electron chi connectivity index (χ3n) is 4.96. The molecule has 4 rings (SSSR count). The number of hydrogen-bond donors (Lipinski definition) is 1. The third-order valence-corrected chi connectivity index (χ3v) is 4.96. The summed E-state index contributed by atoms with van der Waals surface area (Å²) < 4.78 is 6.33. The largest absolute Gasteiger partial charge is 0.508 e. The van der Waals surface area contributed by atoms with Crippen LogP contribution in [-0.4, -0.2) is 34.2 Å². The monoisotopic (exact) mass is 348 g/mol. The number of rotatable bonds is 4. The lowest BCUT2D eigenvalue weighted by molar-refractivity contribution is 0.0979. The maximum Gasteiger partial charge on any atom is 0.131 e. The van der Waals surface area contributed by atoms with Gasteiger partial charge in [0.15, 0.2) is 0 Å². The summed E-state index contributed by atoms with van der Waals surface area (Å²) in [5, 5.41) is 10.7. The second-order valence-corrected chi connectivity index (χ2v) is 7.04. The second kappa shape index (κ2) is 7.34. The highest BCUT2D eigenvalue weighted by atomic mass is 16.5. The number of pyridine rings is 1. The summed E-state index contributed by atoms with van der Waals surface area (Å²) in [7, 11) is 0. The van der Waals surface area contributed by atoms with Gasteiger partial charge in [0.2, 0.25) is 0 Å². The molecule has 1 aromatic heterocycles. The molecule has 0 bridgehead atoms. The molecule has 1 fully saturated rings. The standard InChI is InChI=1S/C22H24N2O2/c1-16-13-22(20-14-18(25)7-8-21(20)23-16)26-19-9-11-24(12-10-19)15-17-5-3-2-4-6-17/h2-8,13-14,19,25H,9-12,15H2,1H3. The van der Waals surface area contributed by atoms with Gasteiger partial charge >= 0.3 is 0 Å². The number of phenols is 1. The van der Waals surface area contributed by atoms with E-state index in [-0.39, 0.29) is 11.9 Å². The average molecular weight is 348 g/mol. The molecule has 2 aromatic carbocycles. The predicted octanol–water partition coefficient (Wildman–Crippen LogP) is 4.29. The molecule has 26 heavy (non-hydrogen) atoms. The van der Waals surface area contributed by atoms with Crippen molar-refractivity contribution in [3.8, 4) is 11.5 Å². The van der Waals surface area contributed by atoms with E-state index in [0.717, 1.165) is 54.8 Å². The minimum absolute atomic E-state index is 0.203. The molecule has 3 aromatic rings. The summed E-state index contributed by atoms with van der Waals surface area (Å²) in [6.45, 7) is 5.04. The van der Waals surface area contributed by atoms with Crippen LogP contribution < -0.4 is 4.74 Å². The molecule has 0 atom stereocenters. The van der Waals surface area contributed by atoms with Crippen molar-refractivity contribution in [1.29, 1.82) is 0 Å². The molecule has 0 spiro atoms. The third kappa shape index (κ3) is 3.81.